The van der Waals surface area contributed by atoms with Gasteiger partial charge in [-0.3, -0.25) is 9.89 Å². The third kappa shape index (κ3) is 3.08. The molecule has 0 unspecified atom stereocenters. The number of amides is 1. The number of nitrogens with one attached hydrogen (secondary N) is 2. The number of nitrogens with zero attached hydrogens (tertiary/aromatic N) is 1. The number of para-hydroxylation sites is 1. The van der Waals surface area contributed by atoms with E-state index in [0.717, 1.165) is 33.5 Å². The molecular weight excluding hydrogens is 326 g/mol. The summed E-state index contributed by atoms with van der Waals surface area (Å²) in [6.07, 6.45) is 3.40. The monoisotopic (exact) mass is 347 g/mol. The Bertz CT molecular complexity index is 990. The zero-order valence-corrected chi connectivity index (χ0v) is 14.8. The molecule has 1 aliphatic rings. The molecule has 0 fully saturated rings. The van der Waals surface area contributed by atoms with Gasteiger partial charge in [0.05, 0.1) is 23.9 Å². The molecule has 26 heavy (non-hydrogen) atoms. The highest BCUT2D eigenvalue weighted by atomic mass is 16.5. The van der Waals surface area contributed by atoms with E-state index in [9.17, 15) is 4.79 Å². The first-order valence-electron chi connectivity index (χ1n) is 8.77. The van der Waals surface area contributed by atoms with E-state index in [-0.39, 0.29) is 17.9 Å². The Morgan fingerprint density at radius 3 is 3.04 bits per heavy atom. The van der Waals surface area contributed by atoms with Crippen LogP contribution in [0.2, 0.25) is 0 Å². The van der Waals surface area contributed by atoms with E-state index in [1.54, 1.807) is 6.08 Å². The van der Waals surface area contributed by atoms with Crippen LogP contribution in [-0.4, -0.2) is 22.7 Å². The standard InChI is InChI=1S/C21H21N3O2/c1-13-12-26-19-6-4-3-5-17(19)21(13)22-20(25)10-8-15-7-9-16-14(2)23-24-18(16)11-15/h3-11,13,21H,12H2,1-2H3,(H,22,25)(H,23,24)/b10-8+/t13-,21-/m0/s1. The van der Waals surface area contributed by atoms with Gasteiger partial charge in [-0.05, 0) is 30.7 Å². The van der Waals surface area contributed by atoms with Gasteiger partial charge in [0.15, 0.2) is 0 Å². The van der Waals surface area contributed by atoms with Crippen molar-refractivity contribution in [3.05, 3.63) is 65.4 Å². The number of H-pyrrole nitrogens is 1. The van der Waals surface area contributed by atoms with Crippen molar-refractivity contribution in [2.24, 2.45) is 5.92 Å². The van der Waals surface area contributed by atoms with Gasteiger partial charge in [0, 0.05) is 22.9 Å². The number of hydrogen-bond acceptors (Lipinski definition) is 3. The molecule has 0 bridgehead atoms. The van der Waals surface area contributed by atoms with Crippen molar-refractivity contribution in [3.8, 4) is 5.75 Å². The minimum absolute atomic E-state index is 0.0464. The fourth-order valence-electron chi connectivity index (χ4n) is 3.36. The Hall–Kier alpha value is -3.08. The number of carbonyl (C=O) groups is 1. The minimum atomic E-state index is -0.112. The first-order valence-corrected chi connectivity index (χ1v) is 8.77. The van der Waals surface area contributed by atoms with Crippen LogP contribution in [-0.2, 0) is 4.79 Å². The maximum Gasteiger partial charge on any atom is 0.244 e. The van der Waals surface area contributed by atoms with Crippen LogP contribution in [0.15, 0.2) is 48.5 Å². The summed E-state index contributed by atoms with van der Waals surface area (Å²) in [5.74, 6) is 0.950. The van der Waals surface area contributed by atoms with Gasteiger partial charge in [-0.1, -0.05) is 37.3 Å². The maximum absolute atomic E-state index is 12.4. The second-order valence-corrected chi connectivity index (χ2v) is 6.76. The molecule has 1 amide bonds. The van der Waals surface area contributed by atoms with Crippen LogP contribution in [0.25, 0.3) is 17.0 Å². The minimum Gasteiger partial charge on any atom is -0.493 e. The summed E-state index contributed by atoms with van der Waals surface area (Å²) in [4.78, 5) is 12.4. The second-order valence-electron chi connectivity index (χ2n) is 6.76. The van der Waals surface area contributed by atoms with Crippen molar-refractivity contribution < 1.29 is 9.53 Å². The third-order valence-corrected chi connectivity index (χ3v) is 4.83. The fourth-order valence-corrected chi connectivity index (χ4v) is 3.36. The van der Waals surface area contributed by atoms with Crippen LogP contribution in [0.4, 0.5) is 0 Å². The maximum atomic E-state index is 12.4. The molecule has 1 aliphatic heterocycles. The Kier molecular flexibility index (Phi) is 4.21. The van der Waals surface area contributed by atoms with Crippen molar-refractivity contribution in [1.82, 2.24) is 15.5 Å². The fraction of sp³-hybridized carbons (Fsp3) is 0.238. The van der Waals surface area contributed by atoms with Gasteiger partial charge >= 0.3 is 0 Å². The summed E-state index contributed by atoms with van der Waals surface area (Å²) in [5, 5.41) is 11.4. The molecule has 2 aromatic carbocycles. The number of ether oxygens (including phenoxy) is 1. The van der Waals surface area contributed by atoms with E-state index in [2.05, 4.69) is 22.4 Å². The Balaban J connectivity index is 1.50. The number of aromatic nitrogens is 2. The largest absolute Gasteiger partial charge is 0.493 e. The van der Waals surface area contributed by atoms with Gasteiger partial charge in [0.2, 0.25) is 5.91 Å². The molecule has 0 aliphatic carbocycles. The Morgan fingerprint density at radius 1 is 1.31 bits per heavy atom. The first-order chi connectivity index (χ1) is 12.6. The van der Waals surface area contributed by atoms with Crippen molar-refractivity contribution in [1.29, 1.82) is 0 Å². The van der Waals surface area contributed by atoms with Gasteiger partial charge in [0.25, 0.3) is 0 Å². The molecule has 2 atom stereocenters. The van der Waals surface area contributed by atoms with Crippen LogP contribution in [0.5, 0.6) is 5.75 Å². The van der Waals surface area contributed by atoms with Crippen LogP contribution in [0.1, 0.15) is 29.8 Å². The second kappa shape index (κ2) is 6.67. The molecule has 0 radical (unpaired) electrons. The number of aryl methyl sites for hydroxylation is 1. The molecule has 5 heteroatoms. The highest BCUT2D eigenvalue weighted by Gasteiger charge is 2.28. The van der Waals surface area contributed by atoms with Crippen LogP contribution >= 0.6 is 0 Å². The Morgan fingerprint density at radius 2 is 2.15 bits per heavy atom. The molecule has 3 aromatic rings. The van der Waals surface area contributed by atoms with E-state index >= 15 is 0 Å². The van der Waals surface area contributed by atoms with Gasteiger partial charge in [-0.25, -0.2) is 0 Å². The Labute approximate surface area is 152 Å². The van der Waals surface area contributed by atoms with Crippen LogP contribution in [0.3, 0.4) is 0 Å². The number of benzene rings is 2. The normalized spacial score (nSPS) is 19.3. The molecule has 2 heterocycles. The number of aromatic amines is 1. The lowest BCUT2D eigenvalue weighted by molar-refractivity contribution is -0.117. The van der Waals surface area contributed by atoms with Gasteiger partial charge in [0.1, 0.15) is 5.75 Å². The van der Waals surface area contributed by atoms with Gasteiger partial charge < -0.3 is 10.1 Å². The molecule has 0 saturated heterocycles. The van der Waals surface area contributed by atoms with E-state index in [4.69, 9.17) is 4.74 Å². The summed E-state index contributed by atoms with van der Waals surface area (Å²) < 4.78 is 5.74. The van der Waals surface area contributed by atoms with Crippen molar-refractivity contribution in [2.45, 2.75) is 19.9 Å². The number of rotatable bonds is 3. The van der Waals surface area contributed by atoms with Crippen molar-refractivity contribution in [2.75, 3.05) is 6.61 Å². The summed E-state index contributed by atoms with van der Waals surface area (Å²) in [7, 11) is 0. The lowest BCUT2D eigenvalue weighted by atomic mass is 9.92. The molecule has 5 nitrogen and oxygen atoms in total. The molecule has 132 valence electrons. The summed E-state index contributed by atoms with van der Waals surface area (Å²) in [5.41, 5.74) is 3.93. The van der Waals surface area contributed by atoms with Crippen molar-refractivity contribution >= 4 is 22.9 Å². The van der Waals surface area contributed by atoms with E-state index in [1.165, 1.54) is 0 Å². The van der Waals surface area contributed by atoms with Crippen LogP contribution in [0, 0.1) is 12.8 Å². The van der Waals surface area contributed by atoms with Crippen molar-refractivity contribution in [3.63, 3.8) is 0 Å². The number of hydrogen-bond donors (Lipinski definition) is 2. The van der Waals surface area contributed by atoms with E-state index < -0.39 is 0 Å². The van der Waals surface area contributed by atoms with E-state index in [1.807, 2.05) is 55.5 Å². The SMILES string of the molecule is Cc1n[nH]c2cc(/C=C/C(=O)N[C@@H]3c4ccccc4OC[C@@H]3C)ccc12. The van der Waals surface area contributed by atoms with Gasteiger partial charge in [-0.15, -0.1) is 0 Å². The lowest BCUT2D eigenvalue weighted by Gasteiger charge is -2.31. The topological polar surface area (TPSA) is 67.0 Å². The highest BCUT2D eigenvalue weighted by molar-refractivity contribution is 5.93. The number of carbonyl (C=O) groups excluding carboxylic acids is 1. The van der Waals surface area contributed by atoms with E-state index in [0.29, 0.717) is 6.61 Å². The highest BCUT2D eigenvalue weighted by Crippen LogP contribution is 2.34. The summed E-state index contributed by atoms with van der Waals surface area (Å²) in [6.45, 7) is 4.65. The average Bonchev–Trinajstić information content (AvgIpc) is 3.03. The zero-order chi connectivity index (χ0) is 18.1. The smallest absolute Gasteiger partial charge is 0.244 e. The average molecular weight is 347 g/mol. The zero-order valence-electron chi connectivity index (χ0n) is 14.8. The van der Waals surface area contributed by atoms with Gasteiger partial charge in [-0.2, -0.15) is 5.10 Å². The lowest BCUT2D eigenvalue weighted by Crippen LogP contribution is -2.36. The predicted molar refractivity (Wildman–Crippen MR) is 102 cm³/mol. The molecule has 0 spiro atoms. The molecule has 4 rings (SSSR count). The first kappa shape index (κ1) is 16.4. The molecule has 1 aromatic heterocycles. The molecule has 0 saturated carbocycles. The van der Waals surface area contributed by atoms with Crippen LogP contribution < -0.4 is 10.1 Å². The quantitative estimate of drug-likeness (QED) is 0.709. The number of fused-ring (bicyclic) bond motifs is 2. The third-order valence-electron chi connectivity index (χ3n) is 4.83. The predicted octanol–water partition coefficient (Wildman–Crippen LogP) is 3.77. The summed E-state index contributed by atoms with van der Waals surface area (Å²) >= 11 is 0. The summed E-state index contributed by atoms with van der Waals surface area (Å²) in [6, 6.07) is 13.8. The molecule has 2 N–H and O–H groups in total. The molecular formula is C21H21N3O2.